The van der Waals surface area contributed by atoms with Crippen molar-refractivity contribution < 1.29 is 14.3 Å². The Morgan fingerprint density at radius 3 is 2.64 bits per heavy atom. The maximum atomic E-state index is 12.6. The van der Waals surface area contributed by atoms with Gasteiger partial charge in [-0.05, 0) is 35.4 Å². The number of halogens is 1. The number of hydrogen-bond acceptors (Lipinski definition) is 3. The summed E-state index contributed by atoms with van der Waals surface area (Å²) >= 11 is 5.90. The van der Waals surface area contributed by atoms with Gasteiger partial charge in [0.05, 0.1) is 12.7 Å². The van der Waals surface area contributed by atoms with Crippen LogP contribution < -0.4 is 10.2 Å². The van der Waals surface area contributed by atoms with Crippen LogP contribution in [0.4, 0.5) is 10.5 Å². The third kappa shape index (κ3) is 4.13. The number of rotatable bonds is 5. The van der Waals surface area contributed by atoms with E-state index in [-0.39, 0.29) is 24.6 Å². The van der Waals surface area contributed by atoms with Crippen LogP contribution in [0.25, 0.3) is 0 Å². The first-order valence-electron chi connectivity index (χ1n) is 9.37. The summed E-state index contributed by atoms with van der Waals surface area (Å²) in [6.45, 7) is 2.12. The molecule has 0 aliphatic carbocycles. The minimum absolute atomic E-state index is 0.0429. The van der Waals surface area contributed by atoms with Gasteiger partial charge in [0.25, 0.3) is 0 Å². The summed E-state index contributed by atoms with van der Waals surface area (Å²) in [4.78, 5) is 28.1. The lowest BCUT2D eigenvalue weighted by molar-refractivity contribution is -0.122. The summed E-state index contributed by atoms with van der Waals surface area (Å²) in [5.41, 5.74) is 3.25. The number of anilines is 1. The van der Waals surface area contributed by atoms with Crippen molar-refractivity contribution in [1.82, 2.24) is 10.2 Å². The zero-order valence-electron chi connectivity index (χ0n) is 15.4. The number of carbonyl (C=O) groups is 2. The molecule has 1 saturated heterocycles. The molecule has 2 heterocycles. The summed E-state index contributed by atoms with van der Waals surface area (Å²) in [6, 6.07) is 15.1. The summed E-state index contributed by atoms with van der Waals surface area (Å²) < 4.78 is 5.82. The second-order valence-corrected chi connectivity index (χ2v) is 7.48. The van der Waals surface area contributed by atoms with E-state index in [1.54, 1.807) is 21.9 Å². The lowest BCUT2D eigenvalue weighted by Crippen LogP contribution is -2.43. The highest BCUT2D eigenvalue weighted by molar-refractivity contribution is 6.30. The minimum atomic E-state index is -0.172. The van der Waals surface area contributed by atoms with E-state index in [0.717, 1.165) is 12.1 Å². The Labute approximate surface area is 169 Å². The van der Waals surface area contributed by atoms with Crippen molar-refractivity contribution in [3.8, 4) is 0 Å². The standard InChI is InChI=1S/C21H22ClN3O3/c22-17-5-7-18(8-6-17)25-10-9-24(21(25)27)13-20(26)23-12-19-11-15-3-1-2-4-16(15)14-28-19/h1-8,19H,9-14H2,(H,23,26). The molecule has 7 heteroatoms. The summed E-state index contributed by atoms with van der Waals surface area (Å²) in [5.74, 6) is -0.172. The van der Waals surface area contributed by atoms with Crippen molar-refractivity contribution >= 4 is 29.2 Å². The van der Waals surface area contributed by atoms with Gasteiger partial charge in [0.1, 0.15) is 6.54 Å². The van der Waals surface area contributed by atoms with Gasteiger partial charge in [-0.1, -0.05) is 35.9 Å². The number of nitrogens with one attached hydrogen (secondary N) is 1. The van der Waals surface area contributed by atoms with E-state index >= 15 is 0 Å². The average molecular weight is 400 g/mol. The molecule has 4 rings (SSSR count). The molecule has 2 aliphatic rings. The minimum Gasteiger partial charge on any atom is -0.371 e. The van der Waals surface area contributed by atoms with Crippen LogP contribution in [0.3, 0.4) is 0 Å². The van der Waals surface area contributed by atoms with Crippen molar-refractivity contribution in [2.24, 2.45) is 0 Å². The zero-order chi connectivity index (χ0) is 19.5. The largest absolute Gasteiger partial charge is 0.371 e. The van der Waals surface area contributed by atoms with E-state index in [1.807, 2.05) is 24.3 Å². The van der Waals surface area contributed by atoms with Gasteiger partial charge in [-0.3, -0.25) is 9.69 Å². The van der Waals surface area contributed by atoms with E-state index in [2.05, 4.69) is 17.4 Å². The van der Waals surface area contributed by atoms with Crippen LogP contribution in [-0.4, -0.2) is 49.1 Å². The third-order valence-corrected chi connectivity index (χ3v) is 5.39. The number of urea groups is 1. The smallest absolute Gasteiger partial charge is 0.325 e. The Bertz CT molecular complexity index is 871. The van der Waals surface area contributed by atoms with Crippen LogP contribution in [0.5, 0.6) is 0 Å². The molecule has 0 saturated carbocycles. The normalized spacial score (nSPS) is 18.9. The molecule has 146 valence electrons. The molecule has 2 aromatic carbocycles. The molecular formula is C21H22ClN3O3. The van der Waals surface area contributed by atoms with E-state index < -0.39 is 0 Å². The van der Waals surface area contributed by atoms with Gasteiger partial charge in [-0.25, -0.2) is 4.79 Å². The first kappa shape index (κ1) is 18.8. The first-order chi connectivity index (χ1) is 13.6. The molecule has 1 atom stereocenters. The van der Waals surface area contributed by atoms with Crippen molar-refractivity contribution in [2.45, 2.75) is 19.1 Å². The van der Waals surface area contributed by atoms with Gasteiger partial charge < -0.3 is 15.0 Å². The Balaban J connectivity index is 1.26. The van der Waals surface area contributed by atoms with Gasteiger partial charge in [-0.15, -0.1) is 0 Å². The number of amides is 3. The van der Waals surface area contributed by atoms with Crippen LogP contribution >= 0.6 is 11.6 Å². The number of fused-ring (bicyclic) bond motifs is 1. The van der Waals surface area contributed by atoms with Crippen LogP contribution in [-0.2, 0) is 22.6 Å². The van der Waals surface area contributed by atoms with Crippen LogP contribution in [0, 0.1) is 0 Å². The van der Waals surface area contributed by atoms with Gasteiger partial charge in [0.2, 0.25) is 5.91 Å². The van der Waals surface area contributed by atoms with Crippen molar-refractivity contribution in [3.05, 3.63) is 64.7 Å². The molecule has 28 heavy (non-hydrogen) atoms. The molecule has 1 fully saturated rings. The third-order valence-electron chi connectivity index (χ3n) is 5.14. The maximum absolute atomic E-state index is 12.6. The predicted octanol–water partition coefficient (Wildman–Crippen LogP) is 2.84. The fraction of sp³-hybridized carbons (Fsp3) is 0.333. The number of benzene rings is 2. The highest BCUT2D eigenvalue weighted by Crippen LogP contribution is 2.22. The fourth-order valence-corrected chi connectivity index (χ4v) is 3.71. The molecule has 1 unspecified atom stereocenters. The molecule has 0 spiro atoms. The van der Waals surface area contributed by atoms with Crippen LogP contribution in [0.1, 0.15) is 11.1 Å². The predicted molar refractivity (Wildman–Crippen MR) is 107 cm³/mol. The fourth-order valence-electron chi connectivity index (χ4n) is 3.59. The van der Waals surface area contributed by atoms with E-state index in [1.165, 1.54) is 11.1 Å². The zero-order valence-corrected chi connectivity index (χ0v) is 16.2. The average Bonchev–Trinajstić information content (AvgIpc) is 3.07. The first-order valence-corrected chi connectivity index (χ1v) is 9.75. The molecule has 6 nitrogen and oxygen atoms in total. The van der Waals surface area contributed by atoms with E-state index in [9.17, 15) is 9.59 Å². The van der Waals surface area contributed by atoms with Crippen LogP contribution in [0.15, 0.2) is 48.5 Å². The SMILES string of the molecule is O=C(CN1CCN(c2ccc(Cl)cc2)C1=O)NCC1Cc2ccccc2CO1. The maximum Gasteiger partial charge on any atom is 0.325 e. The molecule has 2 aromatic rings. The molecular weight excluding hydrogens is 378 g/mol. The van der Waals surface area contributed by atoms with Crippen LogP contribution in [0.2, 0.25) is 5.02 Å². The lowest BCUT2D eigenvalue weighted by Gasteiger charge is -2.26. The van der Waals surface area contributed by atoms with Gasteiger partial charge in [-0.2, -0.15) is 0 Å². The number of ether oxygens (including phenoxy) is 1. The number of nitrogens with zero attached hydrogens (tertiary/aromatic N) is 2. The Hall–Kier alpha value is -2.57. The Morgan fingerprint density at radius 1 is 1.11 bits per heavy atom. The second-order valence-electron chi connectivity index (χ2n) is 7.04. The molecule has 0 bridgehead atoms. The van der Waals surface area contributed by atoms with Gasteiger partial charge >= 0.3 is 6.03 Å². The molecule has 0 aromatic heterocycles. The lowest BCUT2D eigenvalue weighted by atomic mass is 9.99. The monoisotopic (exact) mass is 399 g/mol. The highest BCUT2D eigenvalue weighted by atomic mass is 35.5. The summed E-state index contributed by atoms with van der Waals surface area (Å²) in [5, 5.41) is 3.52. The topological polar surface area (TPSA) is 61.9 Å². The van der Waals surface area contributed by atoms with Gasteiger partial charge in [0, 0.05) is 36.8 Å². The van der Waals surface area contributed by atoms with Crippen molar-refractivity contribution in [3.63, 3.8) is 0 Å². The molecule has 2 aliphatic heterocycles. The molecule has 0 radical (unpaired) electrons. The highest BCUT2D eigenvalue weighted by Gasteiger charge is 2.31. The summed E-state index contributed by atoms with van der Waals surface area (Å²) in [7, 11) is 0. The Morgan fingerprint density at radius 2 is 1.86 bits per heavy atom. The van der Waals surface area contributed by atoms with Gasteiger partial charge in [0.15, 0.2) is 0 Å². The van der Waals surface area contributed by atoms with Crippen molar-refractivity contribution in [2.75, 3.05) is 31.1 Å². The Kier molecular flexibility index (Phi) is 5.50. The number of carbonyl (C=O) groups excluding carboxylic acids is 2. The molecule has 3 amide bonds. The molecule has 1 N–H and O–H groups in total. The summed E-state index contributed by atoms with van der Waals surface area (Å²) in [6.07, 6.45) is 0.738. The quantitative estimate of drug-likeness (QED) is 0.841. The van der Waals surface area contributed by atoms with E-state index in [0.29, 0.717) is 31.3 Å². The van der Waals surface area contributed by atoms with Crippen molar-refractivity contribution in [1.29, 1.82) is 0 Å². The second kappa shape index (κ2) is 8.20. The number of hydrogen-bond donors (Lipinski definition) is 1. The van der Waals surface area contributed by atoms with E-state index in [4.69, 9.17) is 16.3 Å².